The number of amides is 3. The highest BCUT2D eigenvalue weighted by Gasteiger charge is 2.67. The number of carbonyl (C=O) groups is 3. The number of rotatable bonds is 8. The number of ether oxygens (including phenoxy) is 1. The van der Waals surface area contributed by atoms with Crippen molar-refractivity contribution in [3.05, 3.63) is 87.7 Å². The van der Waals surface area contributed by atoms with Crippen molar-refractivity contribution in [3.63, 3.8) is 0 Å². The molecule has 2 atom stereocenters. The predicted molar refractivity (Wildman–Crippen MR) is 152 cm³/mol. The summed E-state index contributed by atoms with van der Waals surface area (Å²) in [4.78, 5) is 38.7. The van der Waals surface area contributed by atoms with E-state index in [9.17, 15) is 49.5 Å². The van der Waals surface area contributed by atoms with Crippen LogP contribution in [0.4, 0.5) is 56.6 Å². The van der Waals surface area contributed by atoms with Crippen LogP contribution in [-0.4, -0.2) is 42.1 Å². The van der Waals surface area contributed by atoms with Crippen molar-refractivity contribution in [2.45, 2.75) is 22.8 Å². The van der Waals surface area contributed by atoms with Crippen LogP contribution in [0.1, 0.15) is 27.4 Å². The fraction of sp³-hybridized carbons (Fsp3) is 0.250. The van der Waals surface area contributed by atoms with E-state index < -0.39 is 87.4 Å². The van der Waals surface area contributed by atoms with Gasteiger partial charge >= 0.3 is 12.5 Å². The van der Waals surface area contributed by atoms with E-state index in [1.807, 2.05) is 0 Å². The monoisotopic (exact) mass is 735 g/mol. The molecule has 1 aliphatic carbocycles. The minimum Gasteiger partial charge on any atom is -0.326 e. The second-order valence-electron chi connectivity index (χ2n) is 9.95. The zero-order valence-corrected chi connectivity index (χ0v) is 25.4. The van der Waals surface area contributed by atoms with Gasteiger partial charge in [-0.1, -0.05) is 17.7 Å². The molecule has 0 spiro atoms. The van der Waals surface area contributed by atoms with Gasteiger partial charge in [-0.2, -0.15) is 13.2 Å². The maximum Gasteiger partial charge on any atom is 0.523 e. The molecular weight excluding hydrogens is 720 g/mol. The van der Waals surface area contributed by atoms with Gasteiger partial charge in [-0.25, -0.2) is 13.2 Å². The predicted octanol–water partition coefficient (Wildman–Crippen LogP) is 8.05. The summed E-state index contributed by atoms with van der Waals surface area (Å²) in [6.07, 6.45) is -10.2. The van der Waals surface area contributed by atoms with Crippen LogP contribution in [-0.2, 0) is 20.5 Å². The summed E-state index contributed by atoms with van der Waals surface area (Å²) in [5, 5.41) is 3.77. The number of anilines is 3. The maximum absolute atomic E-state index is 15.2. The first-order valence-electron chi connectivity index (χ1n) is 12.7. The van der Waals surface area contributed by atoms with Crippen LogP contribution in [0.2, 0.25) is 5.02 Å². The molecule has 2 N–H and O–H groups in total. The molecule has 3 aromatic rings. The Balaban J connectivity index is 1.53. The molecule has 252 valence electrons. The first-order chi connectivity index (χ1) is 21.6. The minimum atomic E-state index is -5.20. The first kappa shape index (κ1) is 36.1. The quantitative estimate of drug-likeness (QED) is 0.181. The molecular formula is C28H17Cl3F9N3O4. The molecule has 3 amide bonds. The Kier molecular flexibility index (Phi) is 10.0. The molecule has 0 aromatic heterocycles. The largest absolute Gasteiger partial charge is 0.523 e. The van der Waals surface area contributed by atoms with Crippen molar-refractivity contribution >= 4 is 69.6 Å². The van der Waals surface area contributed by atoms with Crippen LogP contribution >= 0.6 is 34.8 Å². The molecule has 0 unspecified atom stereocenters. The van der Waals surface area contributed by atoms with E-state index in [1.165, 1.54) is 6.07 Å². The summed E-state index contributed by atoms with van der Waals surface area (Å²) in [5.74, 6) is -10.5. The topological polar surface area (TPSA) is 87.7 Å². The Morgan fingerprint density at radius 2 is 1.55 bits per heavy atom. The second kappa shape index (κ2) is 13.1. The van der Waals surface area contributed by atoms with Gasteiger partial charge in [0.2, 0.25) is 5.91 Å². The van der Waals surface area contributed by atoms with E-state index in [1.54, 1.807) is 5.32 Å². The van der Waals surface area contributed by atoms with Crippen LogP contribution in [0.15, 0.2) is 48.5 Å². The van der Waals surface area contributed by atoms with Gasteiger partial charge in [0.05, 0.1) is 27.8 Å². The van der Waals surface area contributed by atoms with Crippen LogP contribution < -0.4 is 15.5 Å². The van der Waals surface area contributed by atoms with Gasteiger partial charge in [-0.3, -0.25) is 19.1 Å². The third-order valence-electron chi connectivity index (χ3n) is 6.82. The molecule has 4 rings (SSSR count). The van der Waals surface area contributed by atoms with Gasteiger partial charge in [-0.15, -0.1) is 36.4 Å². The number of benzene rings is 3. The van der Waals surface area contributed by atoms with E-state index in [2.05, 4.69) is 10.1 Å². The fourth-order valence-electron chi connectivity index (χ4n) is 4.54. The van der Waals surface area contributed by atoms with Crippen molar-refractivity contribution in [3.8, 4) is 0 Å². The maximum atomic E-state index is 15.2. The molecule has 0 aliphatic heterocycles. The second-order valence-corrected chi connectivity index (χ2v) is 11.8. The van der Waals surface area contributed by atoms with Gasteiger partial charge in [0.1, 0.15) is 28.3 Å². The SMILES string of the molecule is CN(C(=O)c1cc(NC(=O)[C@H]2[C@H](c3ccc(F)c(C(F)(F)F)c3)C2(Cl)Cl)ccc1Cl)c1ccc(F)c(NC(=O)COC(F)(F)F)c1F. The summed E-state index contributed by atoms with van der Waals surface area (Å²) in [6.45, 7) is -1.62. The van der Waals surface area contributed by atoms with E-state index in [0.717, 1.165) is 31.3 Å². The molecule has 19 heteroatoms. The Hall–Kier alpha value is -3.73. The summed E-state index contributed by atoms with van der Waals surface area (Å²) < 4.78 is 121. The lowest BCUT2D eigenvalue weighted by atomic mass is 10.0. The molecule has 0 radical (unpaired) electrons. The van der Waals surface area contributed by atoms with Gasteiger partial charge in [0.15, 0.2) is 5.82 Å². The van der Waals surface area contributed by atoms with Gasteiger partial charge in [0, 0.05) is 18.7 Å². The lowest BCUT2D eigenvalue weighted by molar-refractivity contribution is -0.320. The molecule has 0 heterocycles. The molecule has 47 heavy (non-hydrogen) atoms. The van der Waals surface area contributed by atoms with E-state index in [0.29, 0.717) is 23.1 Å². The third kappa shape index (κ3) is 7.88. The third-order valence-corrected chi connectivity index (χ3v) is 8.09. The highest BCUT2D eigenvalue weighted by molar-refractivity contribution is 6.53. The molecule has 7 nitrogen and oxygen atoms in total. The van der Waals surface area contributed by atoms with E-state index in [-0.39, 0.29) is 21.8 Å². The number of hydrogen-bond donors (Lipinski definition) is 2. The highest BCUT2D eigenvalue weighted by Crippen LogP contribution is 2.65. The normalized spacial score (nSPS) is 17.2. The van der Waals surface area contributed by atoms with Crippen LogP contribution in [0.3, 0.4) is 0 Å². The molecule has 0 bridgehead atoms. The average molecular weight is 737 g/mol. The number of alkyl halides is 8. The van der Waals surface area contributed by atoms with Gasteiger partial charge in [-0.05, 0) is 48.0 Å². The average Bonchev–Trinajstić information content (AvgIpc) is 3.55. The first-order valence-corrected chi connectivity index (χ1v) is 13.9. The molecule has 1 fully saturated rings. The minimum absolute atomic E-state index is 0.0989. The number of halogens is 12. The Bertz CT molecular complexity index is 1750. The molecule has 3 aromatic carbocycles. The Morgan fingerprint density at radius 3 is 2.17 bits per heavy atom. The lowest BCUT2D eigenvalue weighted by Gasteiger charge is -2.21. The summed E-state index contributed by atoms with van der Waals surface area (Å²) in [7, 11) is 1.01. The summed E-state index contributed by atoms with van der Waals surface area (Å²) in [6, 6.07) is 6.88. The molecule has 1 aliphatic rings. The fourth-order valence-corrected chi connectivity index (χ4v) is 5.56. The molecule has 0 saturated heterocycles. The number of carbonyl (C=O) groups excluding carboxylic acids is 3. The smallest absolute Gasteiger partial charge is 0.326 e. The summed E-state index contributed by atoms with van der Waals surface area (Å²) >= 11 is 18.5. The lowest BCUT2D eigenvalue weighted by Crippen LogP contribution is -2.29. The van der Waals surface area contributed by atoms with E-state index in [4.69, 9.17) is 34.8 Å². The van der Waals surface area contributed by atoms with Gasteiger partial charge < -0.3 is 15.5 Å². The van der Waals surface area contributed by atoms with Crippen molar-refractivity contribution in [2.24, 2.45) is 5.92 Å². The number of hydrogen-bond acceptors (Lipinski definition) is 4. The highest BCUT2D eigenvalue weighted by atomic mass is 35.5. The number of nitrogens with one attached hydrogen (secondary N) is 2. The van der Waals surface area contributed by atoms with Crippen molar-refractivity contribution < 1.29 is 58.6 Å². The number of nitrogens with zero attached hydrogens (tertiary/aromatic N) is 1. The zero-order chi connectivity index (χ0) is 35.2. The standard InChI is InChI=1S/C28H17Cl3F9N3O4/c1-43(18-7-6-17(33)23(22(18)34)42-19(44)10-47-28(38,39)40)25(46)13-9-12(3-4-15(13)29)41-24(45)21-20(26(21,30)31)11-2-5-16(32)14(8-11)27(35,36)37/h2-9,20-21H,10H2,1H3,(H,41,45)(H,42,44)/t20-,21+/m0/s1. The van der Waals surface area contributed by atoms with E-state index >= 15 is 4.39 Å². The zero-order valence-electron chi connectivity index (χ0n) is 23.1. The van der Waals surface area contributed by atoms with Crippen LogP contribution in [0, 0.1) is 23.4 Å². The van der Waals surface area contributed by atoms with Gasteiger partial charge in [0.25, 0.3) is 11.8 Å². The van der Waals surface area contributed by atoms with Crippen molar-refractivity contribution in [1.82, 2.24) is 0 Å². The van der Waals surface area contributed by atoms with Crippen molar-refractivity contribution in [1.29, 1.82) is 0 Å². The van der Waals surface area contributed by atoms with Crippen molar-refractivity contribution in [2.75, 3.05) is 29.2 Å². The van der Waals surface area contributed by atoms with Crippen LogP contribution in [0.25, 0.3) is 0 Å². The Labute approximate surface area is 273 Å². The summed E-state index contributed by atoms with van der Waals surface area (Å²) in [5.41, 5.74) is -4.04. The van der Waals surface area contributed by atoms with Crippen LogP contribution in [0.5, 0.6) is 0 Å². The Morgan fingerprint density at radius 1 is 0.915 bits per heavy atom. The molecule has 1 saturated carbocycles.